The molecule has 1 aliphatic rings. The lowest BCUT2D eigenvalue weighted by atomic mass is 9.93. The molecular weight excluding hydrogens is 202 g/mol. The van der Waals surface area contributed by atoms with Crippen LogP contribution in [0.25, 0.3) is 0 Å². The number of nitrogens with one attached hydrogen (secondary N) is 1. The third kappa shape index (κ3) is 5.83. The molecule has 0 aliphatic carbocycles. The van der Waals surface area contributed by atoms with Gasteiger partial charge < -0.3 is 14.8 Å². The van der Waals surface area contributed by atoms with Gasteiger partial charge in [-0.3, -0.25) is 0 Å². The van der Waals surface area contributed by atoms with Crippen molar-refractivity contribution in [3.63, 3.8) is 0 Å². The Morgan fingerprint density at radius 2 is 2.06 bits per heavy atom. The molecule has 0 spiro atoms. The van der Waals surface area contributed by atoms with Crippen LogP contribution < -0.4 is 5.32 Å². The molecule has 3 heteroatoms. The normalized spacial score (nSPS) is 19.9. The molecule has 0 aromatic rings. The summed E-state index contributed by atoms with van der Waals surface area (Å²) in [5.74, 6) is 0.806. The summed E-state index contributed by atoms with van der Waals surface area (Å²) in [6.07, 6.45) is 4.81. The smallest absolute Gasteiger partial charge is 0.0469 e. The van der Waals surface area contributed by atoms with Gasteiger partial charge in [-0.25, -0.2) is 0 Å². The highest BCUT2D eigenvalue weighted by Crippen LogP contribution is 2.18. The summed E-state index contributed by atoms with van der Waals surface area (Å²) >= 11 is 0. The molecule has 1 saturated heterocycles. The van der Waals surface area contributed by atoms with Crippen LogP contribution in [0.1, 0.15) is 39.5 Å². The lowest BCUT2D eigenvalue weighted by Crippen LogP contribution is -2.37. The summed E-state index contributed by atoms with van der Waals surface area (Å²) in [6.45, 7) is 9.10. The second-order valence-corrected chi connectivity index (χ2v) is 4.60. The Hall–Kier alpha value is -0.120. The molecule has 1 heterocycles. The van der Waals surface area contributed by atoms with E-state index in [1.165, 1.54) is 25.7 Å². The molecule has 96 valence electrons. The molecule has 0 radical (unpaired) electrons. The van der Waals surface area contributed by atoms with Gasteiger partial charge in [-0.05, 0) is 52.0 Å². The zero-order valence-electron chi connectivity index (χ0n) is 10.8. The van der Waals surface area contributed by atoms with E-state index in [4.69, 9.17) is 9.47 Å². The van der Waals surface area contributed by atoms with Gasteiger partial charge in [-0.1, -0.05) is 0 Å². The Bertz CT molecular complexity index is 158. The van der Waals surface area contributed by atoms with Crippen molar-refractivity contribution in [1.82, 2.24) is 5.32 Å². The average molecular weight is 229 g/mol. The molecule has 0 saturated carbocycles. The summed E-state index contributed by atoms with van der Waals surface area (Å²) in [5, 5.41) is 3.62. The lowest BCUT2D eigenvalue weighted by molar-refractivity contribution is 0.0558. The molecular formula is C13H27NO2. The fourth-order valence-corrected chi connectivity index (χ4v) is 2.19. The van der Waals surface area contributed by atoms with E-state index in [0.717, 1.165) is 38.9 Å². The third-order valence-electron chi connectivity index (χ3n) is 3.36. The number of hydrogen-bond donors (Lipinski definition) is 1. The lowest BCUT2D eigenvalue weighted by Gasteiger charge is -2.28. The van der Waals surface area contributed by atoms with Crippen LogP contribution in [-0.2, 0) is 9.47 Å². The van der Waals surface area contributed by atoms with Gasteiger partial charge in [0, 0.05) is 32.5 Å². The predicted molar refractivity (Wildman–Crippen MR) is 66.7 cm³/mol. The van der Waals surface area contributed by atoms with E-state index in [-0.39, 0.29) is 0 Å². The van der Waals surface area contributed by atoms with Crippen molar-refractivity contribution in [2.45, 2.75) is 45.6 Å². The zero-order valence-corrected chi connectivity index (χ0v) is 10.8. The Morgan fingerprint density at radius 1 is 1.31 bits per heavy atom. The molecule has 0 aromatic carbocycles. The topological polar surface area (TPSA) is 30.5 Å². The highest BCUT2D eigenvalue weighted by atomic mass is 16.5. The number of hydrogen-bond acceptors (Lipinski definition) is 3. The van der Waals surface area contributed by atoms with Crippen molar-refractivity contribution in [2.75, 3.05) is 33.0 Å². The number of unbranched alkanes of at least 4 members (excludes halogenated alkanes) is 1. The number of rotatable bonds is 8. The van der Waals surface area contributed by atoms with Crippen LogP contribution in [0.3, 0.4) is 0 Å². The van der Waals surface area contributed by atoms with Crippen LogP contribution >= 0.6 is 0 Å². The van der Waals surface area contributed by atoms with E-state index in [1.807, 2.05) is 6.92 Å². The molecule has 1 aliphatic heterocycles. The monoisotopic (exact) mass is 229 g/mol. The first-order valence-corrected chi connectivity index (χ1v) is 6.73. The Morgan fingerprint density at radius 3 is 2.75 bits per heavy atom. The fourth-order valence-electron chi connectivity index (χ4n) is 2.19. The van der Waals surface area contributed by atoms with E-state index in [1.54, 1.807) is 0 Å². The minimum absolute atomic E-state index is 0.635. The highest BCUT2D eigenvalue weighted by Gasteiger charge is 2.19. The molecule has 1 atom stereocenters. The van der Waals surface area contributed by atoms with E-state index < -0.39 is 0 Å². The molecule has 1 N–H and O–H groups in total. The van der Waals surface area contributed by atoms with Gasteiger partial charge in [-0.2, -0.15) is 0 Å². The van der Waals surface area contributed by atoms with Gasteiger partial charge in [-0.15, -0.1) is 0 Å². The molecule has 0 amide bonds. The Balaban J connectivity index is 1.94. The van der Waals surface area contributed by atoms with Gasteiger partial charge in [0.15, 0.2) is 0 Å². The van der Waals surface area contributed by atoms with Crippen molar-refractivity contribution in [3.05, 3.63) is 0 Å². The van der Waals surface area contributed by atoms with Crippen LogP contribution in [0.2, 0.25) is 0 Å². The molecule has 3 nitrogen and oxygen atoms in total. The van der Waals surface area contributed by atoms with Crippen LogP contribution in [0.5, 0.6) is 0 Å². The molecule has 1 rings (SSSR count). The van der Waals surface area contributed by atoms with Gasteiger partial charge in [0.2, 0.25) is 0 Å². The van der Waals surface area contributed by atoms with Gasteiger partial charge in [0.1, 0.15) is 0 Å². The second kappa shape index (κ2) is 8.97. The van der Waals surface area contributed by atoms with E-state index in [0.29, 0.717) is 6.04 Å². The standard InChI is InChI=1S/C13H27NO2/c1-3-15-9-5-4-8-14-12(2)13-6-10-16-11-7-13/h12-14H,3-11H2,1-2H3. The molecule has 0 bridgehead atoms. The average Bonchev–Trinajstić information content (AvgIpc) is 2.34. The van der Waals surface area contributed by atoms with Crippen molar-refractivity contribution < 1.29 is 9.47 Å². The quantitative estimate of drug-likeness (QED) is 0.647. The maximum Gasteiger partial charge on any atom is 0.0469 e. The molecule has 0 aromatic heterocycles. The van der Waals surface area contributed by atoms with Crippen molar-refractivity contribution in [2.24, 2.45) is 5.92 Å². The van der Waals surface area contributed by atoms with Crippen molar-refractivity contribution in [1.29, 1.82) is 0 Å². The summed E-state index contributed by atoms with van der Waals surface area (Å²) < 4.78 is 10.7. The van der Waals surface area contributed by atoms with E-state index in [2.05, 4.69) is 12.2 Å². The van der Waals surface area contributed by atoms with E-state index in [9.17, 15) is 0 Å². The Kier molecular flexibility index (Phi) is 7.81. The maximum absolute atomic E-state index is 5.38. The Labute approximate surface area is 99.9 Å². The van der Waals surface area contributed by atoms with Crippen LogP contribution in [0, 0.1) is 5.92 Å². The predicted octanol–water partition coefficient (Wildman–Crippen LogP) is 2.21. The summed E-state index contributed by atoms with van der Waals surface area (Å²) in [6, 6.07) is 0.635. The molecule has 1 fully saturated rings. The first-order chi connectivity index (χ1) is 7.84. The zero-order chi connectivity index (χ0) is 11.6. The van der Waals surface area contributed by atoms with Gasteiger partial charge >= 0.3 is 0 Å². The highest BCUT2D eigenvalue weighted by molar-refractivity contribution is 4.74. The third-order valence-corrected chi connectivity index (χ3v) is 3.36. The minimum Gasteiger partial charge on any atom is -0.382 e. The SMILES string of the molecule is CCOCCCCNC(C)C1CCOCC1. The van der Waals surface area contributed by atoms with Crippen LogP contribution in [0.15, 0.2) is 0 Å². The number of ether oxygens (including phenoxy) is 2. The van der Waals surface area contributed by atoms with Crippen molar-refractivity contribution in [3.8, 4) is 0 Å². The summed E-state index contributed by atoms with van der Waals surface area (Å²) in [4.78, 5) is 0. The first kappa shape index (κ1) is 13.9. The largest absolute Gasteiger partial charge is 0.382 e. The second-order valence-electron chi connectivity index (χ2n) is 4.60. The van der Waals surface area contributed by atoms with Gasteiger partial charge in [0.05, 0.1) is 0 Å². The summed E-state index contributed by atoms with van der Waals surface area (Å²) in [5.41, 5.74) is 0. The minimum atomic E-state index is 0.635. The van der Waals surface area contributed by atoms with Crippen molar-refractivity contribution >= 4 is 0 Å². The van der Waals surface area contributed by atoms with Gasteiger partial charge in [0.25, 0.3) is 0 Å². The van der Waals surface area contributed by atoms with Crippen LogP contribution in [0.4, 0.5) is 0 Å². The maximum atomic E-state index is 5.38. The van der Waals surface area contributed by atoms with Crippen LogP contribution in [-0.4, -0.2) is 39.0 Å². The molecule has 1 unspecified atom stereocenters. The molecule has 16 heavy (non-hydrogen) atoms. The van der Waals surface area contributed by atoms with E-state index >= 15 is 0 Å². The fraction of sp³-hybridized carbons (Fsp3) is 1.00. The summed E-state index contributed by atoms with van der Waals surface area (Å²) in [7, 11) is 0. The first-order valence-electron chi connectivity index (χ1n) is 6.73.